The summed E-state index contributed by atoms with van der Waals surface area (Å²) in [6.07, 6.45) is 0. The molecular formula is C36H22ClNS2. The van der Waals surface area contributed by atoms with Crippen LogP contribution in [0.4, 0.5) is 17.1 Å². The molecule has 0 spiro atoms. The second-order valence-corrected chi connectivity index (χ2v) is 12.6. The van der Waals surface area contributed by atoms with Gasteiger partial charge in [-0.05, 0) is 77.9 Å². The second-order valence-electron chi connectivity index (χ2n) is 9.95. The lowest BCUT2D eigenvalue weighted by molar-refractivity contribution is 1.29. The number of nitrogens with zero attached hydrogens (tertiary/aromatic N) is 1. The van der Waals surface area contributed by atoms with Crippen LogP contribution >= 0.6 is 34.3 Å². The van der Waals surface area contributed by atoms with Crippen molar-refractivity contribution in [3.63, 3.8) is 0 Å². The molecular weight excluding hydrogens is 546 g/mol. The fraction of sp³-hybridized carbons (Fsp3) is 0. The Kier molecular flexibility index (Phi) is 5.63. The SMILES string of the molecule is Clc1ccc2sc3cc(-c4ccc(N(c5ccccc5)c5ccc6c(c5)sc5ccccc56)cc4)ccc3c2c1. The van der Waals surface area contributed by atoms with E-state index in [2.05, 4.69) is 132 Å². The highest BCUT2D eigenvalue weighted by molar-refractivity contribution is 7.26. The molecule has 0 fully saturated rings. The van der Waals surface area contributed by atoms with Gasteiger partial charge in [-0.25, -0.2) is 0 Å². The predicted octanol–water partition coefficient (Wildman–Crippen LogP) is 12.2. The minimum Gasteiger partial charge on any atom is -0.310 e. The Bertz CT molecular complexity index is 2180. The van der Waals surface area contributed by atoms with Crippen LogP contribution in [0.5, 0.6) is 0 Å². The highest BCUT2D eigenvalue weighted by Crippen LogP contribution is 2.41. The van der Waals surface area contributed by atoms with Crippen LogP contribution in [0.1, 0.15) is 0 Å². The molecule has 8 aromatic rings. The van der Waals surface area contributed by atoms with Crippen molar-refractivity contribution in [3.05, 3.63) is 138 Å². The first-order valence-electron chi connectivity index (χ1n) is 13.2. The number of hydrogen-bond acceptors (Lipinski definition) is 3. The molecule has 0 aliphatic carbocycles. The molecule has 1 nitrogen and oxygen atoms in total. The van der Waals surface area contributed by atoms with Gasteiger partial charge in [0.05, 0.1) is 0 Å². The third-order valence-corrected chi connectivity index (χ3v) is 10.0. The number of rotatable bonds is 4. The number of benzene rings is 6. The Morgan fingerprint density at radius 3 is 1.85 bits per heavy atom. The monoisotopic (exact) mass is 567 g/mol. The molecule has 0 saturated carbocycles. The van der Waals surface area contributed by atoms with Gasteiger partial charge in [0.15, 0.2) is 0 Å². The summed E-state index contributed by atoms with van der Waals surface area (Å²) in [4.78, 5) is 2.34. The number of hydrogen-bond donors (Lipinski definition) is 0. The third-order valence-electron chi connectivity index (χ3n) is 7.53. The predicted molar refractivity (Wildman–Crippen MR) is 177 cm³/mol. The Hall–Kier alpha value is -4.15. The number of para-hydroxylation sites is 1. The van der Waals surface area contributed by atoms with Gasteiger partial charge in [-0.15, -0.1) is 22.7 Å². The van der Waals surface area contributed by atoms with E-state index in [1.807, 2.05) is 28.7 Å². The van der Waals surface area contributed by atoms with Gasteiger partial charge in [-0.3, -0.25) is 0 Å². The van der Waals surface area contributed by atoms with Crippen LogP contribution in [0, 0.1) is 0 Å². The molecule has 4 heteroatoms. The summed E-state index contributed by atoms with van der Waals surface area (Å²) < 4.78 is 5.17. The minimum absolute atomic E-state index is 0.779. The van der Waals surface area contributed by atoms with Crippen LogP contribution < -0.4 is 4.90 Å². The fourth-order valence-electron chi connectivity index (χ4n) is 5.61. The zero-order valence-corrected chi connectivity index (χ0v) is 23.7. The van der Waals surface area contributed by atoms with Crippen LogP contribution in [0.15, 0.2) is 133 Å². The van der Waals surface area contributed by atoms with Gasteiger partial charge in [0.25, 0.3) is 0 Å². The first-order valence-corrected chi connectivity index (χ1v) is 15.2. The topological polar surface area (TPSA) is 3.24 Å². The second kappa shape index (κ2) is 9.50. The van der Waals surface area contributed by atoms with E-state index in [-0.39, 0.29) is 0 Å². The van der Waals surface area contributed by atoms with E-state index in [1.165, 1.54) is 51.5 Å². The first kappa shape index (κ1) is 23.7. The number of anilines is 3. The van der Waals surface area contributed by atoms with Gasteiger partial charge < -0.3 is 4.90 Å². The summed E-state index contributed by atoms with van der Waals surface area (Å²) >= 11 is 9.95. The Labute approximate surface area is 245 Å². The summed E-state index contributed by atoms with van der Waals surface area (Å²) in [6.45, 7) is 0. The number of thiophene rings is 2. The van der Waals surface area contributed by atoms with Crippen molar-refractivity contribution in [1.82, 2.24) is 0 Å². The first-order chi connectivity index (χ1) is 19.7. The zero-order chi connectivity index (χ0) is 26.6. The van der Waals surface area contributed by atoms with Crippen LogP contribution in [-0.2, 0) is 0 Å². The van der Waals surface area contributed by atoms with Crippen LogP contribution in [0.3, 0.4) is 0 Å². The highest BCUT2D eigenvalue weighted by atomic mass is 35.5. The van der Waals surface area contributed by atoms with Gasteiger partial charge in [0, 0.05) is 62.4 Å². The average Bonchev–Trinajstić information content (AvgIpc) is 3.55. The van der Waals surface area contributed by atoms with E-state index in [1.54, 1.807) is 0 Å². The van der Waals surface area contributed by atoms with Gasteiger partial charge in [0.2, 0.25) is 0 Å². The molecule has 2 heterocycles. The average molecular weight is 568 g/mol. The molecule has 0 atom stereocenters. The lowest BCUT2D eigenvalue weighted by Crippen LogP contribution is -2.09. The summed E-state index contributed by atoms with van der Waals surface area (Å²) in [5.41, 5.74) is 5.85. The van der Waals surface area contributed by atoms with Gasteiger partial charge in [-0.2, -0.15) is 0 Å². The normalized spacial score (nSPS) is 11.6. The van der Waals surface area contributed by atoms with Crippen molar-refractivity contribution in [2.75, 3.05) is 4.90 Å². The quantitative estimate of drug-likeness (QED) is 0.204. The summed E-state index contributed by atoms with van der Waals surface area (Å²) in [5.74, 6) is 0. The maximum Gasteiger partial charge on any atom is 0.0476 e. The van der Waals surface area contributed by atoms with E-state index in [0.29, 0.717) is 0 Å². The molecule has 2 aromatic heterocycles. The van der Waals surface area contributed by atoms with Crippen LogP contribution in [0.2, 0.25) is 5.02 Å². The molecule has 0 aliphatic heterocycles. The molecule has 6 aromatic carbocycles. The van der Waals surface area contributed by atoms with Crippen LogP contribution in [0.25, 0.3) is 51.5 Å². The minimum atomic E-state index is 0.779. The highest BCUT2D eigenvalue weighted by Gasteiger charge is 2.15. The molecule has 0 unspecified atom stereocenters. The van der Waals surface area contributed by atoms with Crippen molar-refractivity contribution in [2.45, 2.75) is 0 Å². The molecule has 0 amide bonds. The van der Waals surface area contributed by atoms with Gasteiger partial charge in [-0.1, -0.05) is 78.3 Å². The summed E-state index contributed by atoms with van der Waals surface area (Å²) in [7, 11) is 0. The number of fused-ring (bicyclic) bond motifs is 6. The molecule has 0 N–H and O–H groups in total. The Morgan fingerprint density at radius 2 is 1.00 bits per heavy atom. The standard InChI is InChI=1S/C36H22ClNS2/c37-25-13-19-34-32(21-25)31-17-12-24(20-35(31)40-34)23-10-14-27(15-11-23)38(26-6-2-1-3-7-26)28-16-18-30-29-8-4-5-9-33(29)39-36(30)22-28/h1-22H. The maximum atomic E-state index is 6.28. The molecule has 0 saturated heterocycles. The van der Waals surface area contributed by atoms with Crippen molar-refractivity contribution >= 4 is 91.7 Å². The molecule has 190 valence electrons. The molecule has 0 aliphatic rings. The van der Waals surface area contributed by atoms with E-state index < -0.39 is 0 Å². The molecule has 0 radical (unpaired) electrons. The van der Waals surface area contributed by atoms with E-state index >= 15 is 0 Å². The Morgan fingerprint density at radius 1 is 0.400 bits per heavy atom. The van der Waals surface area contributed by atoms with Crippen molar-refractivity contribution in [2.24, 2.45) is 0 Å². The molecule has 40 heavy (non-hydrogen) atoms. The molecule has 0 bridgehead atoms. The fourth-order valence-corrected chi connectivity index (χ4v) is 8.05. The number of halogens is 1. The third kappa shape index (κ3) is 3.98. The van der Waals surface area contributed by atoms with Crippen molar-refractivity contribution in [3.8, 4) is 11.1 Å². The Balaban J connectivity index is 1.20. The maximum absolute atomic E-state index is 6.28. The van der Waals surface area contributed by atoms with Gasteiger partial charge >= 0.3 is 0 Å². The van der Waals surface area contributed by atoms with Crippen LogP contribution in [-0.4, -0.2) is 0 Å². The van der Waals surface area contributed by atoms with Gasteiger partial charge in [0.1, 0.15) is 0 Å². The smallest absolute Gasteiger partial charge is 0.0476 e. The lowest BCUT2D eigenvalue weighted by Gasteiger charge is -2.25. The van der Waals surface area contributed by atoms with E-state index in [4.69, 9.17) is 11.6 Å². The summed E-state index contributed by atoms with van der Waals surface area (Å²) in [6, 6.07) is 47.9. The largest absolute Gasteiger partial charge is 0.310 e. The van der Waals surface area contributed by atoms with Crippen molar-refractivity contribution in [1.29, 1.82) is 0 Å². The van der Waals surface area contributed by atoms with E-state index in [0.717, 1.165) is 22.1 Å². The molecule has 8 rings (SSSR count). The van der Waals surface area contributed by atoms with E-state index in [9.17, 15) is 0 Å². The summed E-state index contributed by atoms with van der Waals surface area (Å²) in [5, 5.41) is 5.90. The van der Waals surface area contributed by atoms with Crippen molar-refractivity contribution < 1.29 is 0 Å². The zero-order valence-electron chi connectivity index (χ0n) is 21.3. The lowest BCUT2D eigenvalue weighted by atomic mass is 10.0.